The van der Waals surface area contributed by atoms with E-state index in [0.717, 1.165) is 0 Å². The highest BCUT2D eigenvalue weighted by molar-refractivity contribution is 6.42. The highest BCUT2D eigenvalue weighted by atomic mass is 35.5. The van der Waals surface area contributed by atoms with Gasteiger partial charge in [0.2, 0.25) is 0 Å². The number of carbonyl (C=O) groups is 1. The number of carbonyl (C=O) groups excluding carboxylic acids is 1. The number of ether oxygens (including phenoxy) is 2. The first kappa shape index (κ1) is 19.2. The number of halogens is 2. The molecule has 1 N–H and O–H groups in total. The molecule has 0 amide bonds. The van der Waals surface area contributed by atoms with Crippen LogP contribution >= 0.6 is 23.2 Å². The smallest absolute Gasteiger partial charge is 0.313 e. The Morgan fingerprint density at radius 3 is 2.36 bits per heavy atom. The molecular formula is C16H22Cl2O4. The summed E-state index contributed by atoms with van der Waals surface area (Å²) in [5.74, 6) is -0.917. The van der Waals surface area contributed by atoms with Crippen molar-refractivity contribution in [2.24, 2.45) is 0 Å². The van der Waals surface area contributed by atoms with Gasteiger partial charge in [0, 0.05) is 0 Å². The fraction of sp³-hybridized carbons (Fsp3) is 0.562. The summed E-state index contributed by atoms with van der Waals surface area (Å²) in [7, 11) is 1.33. The molecule has 0 aliphatic carbocycles. The van der Waals surface area contributed by atoms with E-state index in [2.05, 4.69) is 0 Å². The molecule has 0 radical (unpaired) electrons. The second kappa shape index (κ2) is 8.16. The highest BCUT2D eigenvalue weighted by Gasteiger charge is 2.25. The van der Waals surface area contributed by atoms with Gasteiger partial charge in [-0.25, -0.2) is 0 Å². The third-order valence-corrected chi connectivity index (χ3v) is 3.76. The predicted octanol–water partition coefficient (Wildman–Crippen LogP) is 4.16. The molecule has 1 rings (SSSR count). The summed E-state index contributed by atoms with van der Waals surface area (Å²) < 4.78 is 10.3. The first-order valence-corrected chi connectivity index (χ1v) is 7.78. The molecular weight excluding hydrogens is 327 g/mol. The molecule has 0 aliphatic heterocycles. The first-order chi connectivity index (χ1) is 10.1. The van der Waals surface area contributed by atoms with Gasteiger partial charge in [0.05, 0.1) is 28.7 Å². The first-order valence-electron chi connectivity index (χ1n) is 7.02. The van der Waals surface area contributed by atoms with E-state index >= 15 is 0 Å². The van der Waals surface area contributed by atoms with Gasteiger partial charge in [0.25, 0.3) is 0 Å². The minimum Gasteiger partial charge on any atom is -0.469 e. The lowest BCUT2D eigenvalue weighted by Crippen LogP contribution is -2.28. The third-order valence-electron chi connectivity index (χ3n) is 3.02. The summed E-state index contributed by atoms with van der Waals surface area (Å²) in [5.41, 5.74) is 0.244. The third kappa shape index (κ3) is 6.13. The van der Waals surface area contributed by atoms with Gasteiger partial charge in [-0.15, -0.1) is 0 Å². The van der Waals surface area contributed by atoms with Crippen LogP contribution in [-0.4, -0.2) is 30.1 Å². The van der Waals surface area contributed by atoms with Crippen molar-refractivity contribution in [1.82, 2.24) is 0 Å². The van der Waals surface area contributed by atoms with Crippen LogP contribution in [0.25, 0.3) is 0 Å². The van der Waals surface area contributed by atoms with Crippen molar-refractivity contribution in [2.75, 3.05) is 7.11 Å². The summed E-state index contributed by atoms with van der Waals surface area (Å²) in [5, 5.41) is 10.7. The maximum Gasteiger partial charge on any atom is 0.313 e. The number of aliphatic hydroxyl groups excluding tert-OH is 1. The van der Waals surface area contributed by atoms with Crippen molar-refractivity contribution >= 4 is 29.2 Å². The zero-order valence-corrected chi connectivity index (χ0v) is 14.7. The van der Waals surface area contributed by atoms with Gasteiger partial charge in [0.15, 0.2) is 6.29 Å². The molecule has 1 aromatic carbocycles. The van der Waals surface area contributed by atoms with E-state index in [1.165, 1.54) is 7.11 Å². The van der Waals surface area contributed by atoms with Gasteiger partial charge in [-0.2, -0.15) is 0 Å². The van der Waals surface area contributed by atoms with Crippen molar-refractivity contribution in [3.05, 3.63) is 33.8 Å². The zero-order chi connectivity index (χ0) is 16.9. The minimum absolute atomic E-state index is 0.303. The Bertz CT molecular complexity index is 511. The van der Waals surface area contributed by atoms with Crippen LogP contribution in [0.5, 0.6) is 0 Å². The second-order valence-corrected chi connectivity index (χ2v) is 6.83. The van der Waals surface area contributed by atoms with E-state index in [0.29, 0.717) is 28.5 Å². The summed E-state index contributed by atoms with van der Waals surface area (Å²) in [6.07, 6.45) is -0.269. The van der Waals surface area contributed by atoms with Crippen molar-refractivity contribution in [3.63, 3.8) is 0 Å². The Morgan fingerprint density at radius 1 is 1.23 bits per heavy atom. The molecule has 0 spiro atoms. The van der Waals surface area contributed by atoms with E-state index < -0.39 is 17.8 Å². The van der Waals surface area contributed by atoms with Crippen LogP contribution in [0.3, 0.4) is 0 Å². The molecule has 2 atom stereocenters. The Hall–Kier alpha value is -0.810. The number of hydrogen-bond acceptors (Lipinski definition) is 4. The Morgan fingerprint density at radius 2 is 1.86 bits per heavy atom. The summed E-state index contributed by atoms with van der Waals surface area (Å²) in [6, 6.07) is 5.01. The predicted molar refractivity (Wildman–Crippen MR) is 87.3 cm³/mol. The molecule has 0 bridgehead atoms. The Labute approximate surface area is 141 Å². The van der Waals surface area contributed by atoms with E-state index in [-0.39, 0.29) is 5.97 Å². The van der Waals surface area contributed by atoms with E-state index in [9.17, 15) is 9.90 Å². The number of aliphatic hydroxyl groups is 1. The Kier molecular flexibility index (Phi) is 7.13. The lowest BCUT2D eigenvalue weighted by atomic mass is 9.94. The highest BCUT2D eigenvalue weighted by Crippen LogP contribution is 2.30. The fourth-order valence-corrected chi connectivity index (χ4v) is 2.37. The molecule has 0 saturated heterocycles. The number of benzene rings is 1. The monoisotopic (exact) mass is 348 g/mol. The van der Waals surface area contributed by atoms with Crippen LogP contribution in [0.4, 0.5) is 0 Å². The minimum atomic E-state index is -0.949. The number of methoxy groups -OCH3 is 1. The average Bonchev–Trinajstić information content (AvgIpc) is 2.40. The van der Waals surface area contributed by atoms with Gasteiger partial charge >= 0.3 is 5.97 Å². The zero-order valence-electron chi connectivity index (χ0n) is 13.2. The van der Waals surface area contributed by atoms with Gasteiger partial charge in [-0.1, -0.05) is 29.3 Å². The fourth-order valence-electron chi connectivity index (χ4n) is 2.07. The summed E-state index contributed by atoms with van der Waals surface area (Å²) >= 11 is 11.9. The molecule has 0 saturated carbocycles. The molecule has 0 aromatic heterocycles. The van der Waals surface area contributed by atoms with Gasteiger partial charge in [-0.3, -0.25) is 4.79 Å². The van der Waals surface area contributed by atoms with E-state index in [1.54, 1.807) is 18.2 Å². The lowest BCUT2D eigenvalue weighted by Gasteiger charge is -2.25. The lowest BCUT2D eigenvalue weighted by molar-refractivity contribution is -0.169. The molecule has 0 aliphatic rings. The van der Waals surface area contributed by atoms with Crippen LogP contribution in [0.15, 0.2) is 18.2 Å². The largest absolute Gasteiger partial charge is 0.469 e. The van der Waals surface area contributed by atoms with Crippen molar-refractivity contribution in [2.45, 2.75) is 51.4 Å². The van der Waals surface area contributed by atoms with Crippen LogP contribution in [0, 0.1) is 0 Å². The SMILES string of the molecule is COC(=O)C(CCC(O)OC(C)(C)C)c1ccc(Cl)c(Cl)c1. The average molecular weight is 349 g/mol. The standard InChI is InChI=1S/C16H22Cl2O4/c1-16(2,3)22-14(19)8-6-11(15(20)21-4)10-5-7-12(17)13(18)9-10/h5,7,9,11,14,19H,6,8H2,1-4H3. The van der Waals surface area contributed by atoms with Crippen LogP contribution < -0.4 is 0 Å². The number of esters is 1. The normalized spacial score (nSPS) is 14.5. The Balaban J connectivity index is 2.81. The quantitative estimate of drug-likeness (QED) is 0.619. The molecule has 1 aromatic rings. The van der Waals surface area contributed by atoms with Crippen LogP contribution in [0.1, 0.15) is 45.1 Å². The molecule has 0 heterocycles. The van der Waals surface area contributed by atoms with Crippen molar-refractivity contribution in [1.29, 1.82) is 0 Å². The van der Waals surface area contributed by atoms with Gasteiger partial charge in [-0.05, 0) is 51.3 Å². The molecule has 124 valence electrons. The topological polar surface area (TPSA) is 55.8 Å². The van der Waals surface area contributed by atoms with E-state index in [4.69, 9.17) is 32.7 Å². The van der Waals surface area contributed by atoms with Crippen molar-refractivity contribution in [3.8, 4) is 0 Å². The van der Waals surface area contributed by atoms with Crippen LogP contribution in [0.2, 0.25) is 10.0 Å². The summed E-state index contributed by atoms with van der Waals surface area (Å²) in [6.45, 7) is 5.56. The molecule has 2 unspecified atom stereocenters. The van der Waals surface area contributed by atoms with Gasteiger partial charge in [0.1, 0.15) is 0 Å². The maximum atomic E-state index is 12.0. The molecule has 22 heavy (non-hydrogen) atoms. The van der Waals surface area contributed by atoms with Crippen molar-refractivity contribution < 1.29 is 19.4 Å². The van der Waals surface area contributed by atoms with Crippen LogP contribution in [-0.2, 0) is 14.3 Å². The maximum absolute atomic E-state index is 12.0. The number of rotatable bonds is 6. The molecule has 4 nitrogen and oxygen atoms in total. The summed E-state index contributed by atoms with van der Waals surface area (Å²) in [4.78, 5) is 12.0. The molecule has 6 heteroatoms. The number of hydrogen-bond donors (Lipinski definition) is 1. The second-order valence-electron chi connectivity index (χ2n) is 6.01. The molecule has 0 fully saturated rings. The van der Waals surface area contributed by atoms with Gasteiger partial charge < -0.3 is 14.6 Å². The van der Waals surface area contributed by atoms with E-state index in [1.807, 2.05) is 20.8 Å².